The average molecular weight is 158 g/mol. The summed E-state index contributed by atoms with van der Waals surface area (Å²) in [5, 5.41) is 17.5. The van der Waals surface area contributed by atoms with Crippen LogP contribution in [0.1, 0.15) is 6.92 Å². The predicted molar refractivity (Wildman–Crippen MR) is 35.6 cm³/mol. The number of nitriles is 1. The summed E-state index contributed by atoms with van der Waals surface area (Å²) in [6, 6.07) is 1.72. The molecule has 0 aromatic heterocycles. The van der Waals surface area contributed by atoms with E-state index in [1.807, 2.05) is 5.53 Å². The number of hydrogen-bond donors (Lipinski definition) is 3. The Labute approximate surface area is 64.1 Å². The topological polar surface area (TPSA) is 102 Å². The molecule has 0 spiro atoms. The third kappa shape index (κ3) is 3.64. The first kappa shape index (κ1) is 10.0. The van der Waals surface area contributed by atoms with E-state index in [-0.39, 0.29) is 12.3 Å². The van der Waals surface area contributed by atoms with Crippen LogP contribution in [0.4, 0.5) is 0 Å². The molecule has 0 aromatic carbocycles. The van der Waals surface area contributed by atoms with Crippen molar-refractivity contribution in [3.63, 3.8) is 0 Å². The lowest BCUT2D eigenvalue weighted by atomic mass is 10.1. The zero-order chi connectivity index (χ0) is 8.85. The number of nitrogens with one attached hydrogen (secondary N) is 1. The SMILES string of the molecule is CC(=O)[C@H](C#N)CN(O)NN. The van der Waals surface area contributed by atoms with Crippen LogP contribution in [0, 0.1) is 17.2 Å². The van der Waals surface area contributed by atoms with Gasteiger partial charge in [-0.25, -0.2) is 0 Å². The minimum atomic E-state index is -0.851. The van der Waals surface area contributed by atoms with Crippen LogP contribution in [0.5, 0.6) is 0 Å². The van der Waals surface area contributed by atoms with Crippen molar-refractivity contribution < 1.29 is 10.0 Å². The summed E-state index contributed by atoms with van der Waals surface area (Å²) >= 11 is 0. The van der Waals surface area contributed by atoms with E-state index in [9.17, 15) is 4.79 Å². The van der Waals surface area contributed by atoms with Crippen molar-refractivity contribution in [2.75, 3.05) is 6.54 Å². The molecule has 0 bridgehead atoms. The zero-order valence-electron chi connectivity index (χ0n) is 6.11. The molecule has 0 aliphatic rings. The van der Waals surface area contributed by atoms with Crippen LogP contribution in [-0.4, -0.2) is 22.7 Å². The number of rotatable bonds is 4. The highest BCUT2D eigenvalue weighted by Crippen LogP contribution is 1.96. The first-order valence-corrected chi connectivity index (χ1v) is 2.94. The Kier molecular flexibility index (Phi) is 4.33. The maximum absolute atomic E-state index is 10.6. The lowest BCUT2D eigenvalue weighted by Crippen LogP contribution is -2.43. The van der Waals surface area contributed by atoms with Gasteiger partial charge >= 0.3 is 0 Å². The second-order valence-corrected chi connectivity index (χ2v) is 2.00. The molecule has 0 unspecified atom stereocenters. The number of Topliss-reactive ketones (excluding diaryl/α,β-unsaturated/α-hetero) is 1. The Bertz CT molecular complexity index is 176. The normalized spacial score (nSPS) is 12.6. The Morgan fingerprint density at radius 1 is 2.00 bits per heavy atom. The van der Waals surface area contributed by atoms with Gasteiger partial charge in [-0.2, -0.15) is 10.8 Å². The highest BCUT2D eigenvalue weighted by Gasteiger charge is 2.15. The van der Waals surface area contributed by atoms with Crippen LogP contribution in [0.2, 0.25) is 0 Å². The lowest BCUT2D eigenvalue weighted by Gasteiger charge is -2.13. The molecule has 0 heterocycles. The number of carbonyl (C=O) groups excluding carboxylic acids is 1. The Balaban J connectivity index is 3.91. The van der Waals surface area contributed by atoms with Gasteiger partial charge in [0, 0.05) is 0 Å². The van der Waals surface area contributed by atoms with Gasteiger partial charge in [-0.05, 0) is 6.92 Å². The largest absolute Gasteiger partial charge is 0.298 e. The smallest absolute Gasteiger partial charge is 0.148 e. The van der Waals surface area contributed by atoms with E-state index in [0.717, 1.165) is 0 Å². The Morgan fingerprint density at radius 3 is 2.82 bits per heavy atom. The van der Waals surface area contributed by atoms with E-state index in [1.54, 1.807) is 6.07 Å². The number of hydrazine groups is 2. The Morgan fingerprint density at radius 2 is 2.55 bits per heavy atom. The number of carbonyl (C=O) groups is 1. The first-order valence-electron chi connectivity index (χ1n) is 2.94. The third-order valence-electron chi connectivity index (χ3n) is 1.15. The van der Waals surface area contributed by atoms with Gasteiger partial charge in [-0.1, -0.05) is 0 Å². The molecule has 0 fully saturated rings. The van der Waals surface area contributed by atoms with Crippen molar-refractivity contribution in [2.45, 2.75) is 6.92 Å². The van der Waals surface area contributed by atoms with Crippen LogP contribution in [0.15, 0.2) is 0 Å². The summed E-state index contributed by atoms with van der Waals surface area (Å²) in [6.45, 7) is 1.14. The van der Waals surface area contributed by atoms with Gasteiger partial charge < -0.3 is 0 Å². The van der Waals surface area contributed by atoms with Crippen LogP contribution in [0.25, 0.3) is 0 Å². The molecule has 0 rings (SSSR count). The molecule has 62 valence electrons. The van der Waals surface area contributed by atoms with Crippen molar-refractivity contribution in [2.24, 2.45) is 11.8 Å². The summed E-state index contributed by atoms with van der Waals surface area (Å²) in [7, 11) is 0. The van der Waals surface area contributed by atoms with Crippen molar-refractivity contribution in [1.29, 1.82) is 5.26 Å². The molecule has 0 saturated heterocycles. The van der Waals surface area contributed by atoms with Gasteiger partial charge in [-0.15, -0.1) is 5.17 Å². The van der Waals surface area contributed by atoms with Gasteiger partial charge in [0.25, 0.3) is 0 Å². The van der Waals surface area contributed by atoms with Gasteiger partial charge in [0.1, 0.15) is 11.7 Å². The fraction of sp³-hybridized carbons (Fsp3) is 0.600. The van der Waals surface area contributed by atoms with E-state index in [1.165, 1.54) is 6.92 Å². The molecule has 11 heavy (non-hydrogen) atoms. The van der Waals surface area contributed by atoms with E-state index in [2.05, 4.69) is 0 Å². The average Bonchev–Trinajstić information content (AvgIpc) is 1.99. The molecule has 0 aromatic rings. The summed E-state index contributed by atoms with van der Waals surface area (Å²) in [6.07, 6.45) is 0. The Hall–Kier alpha value is -1.00. The quantitative estimate of drug-likeness (QED) is 0.350. The standard InChI is InChI=1S/C5H10N4O2/c1-4(10)5(2-6)3-9(11)8-7/h5,8,11H,3,7H2,1H3/t5-/m1/s1. The van der Waals surface area contributed by atoms with Crippen molar-refractivity contribution in [3.05, 3.63) is 0 Å². The molecular weight excluding hydrogens is 148 g/mol. The molecule has 0 amide bonds. The molecule has 4 N–H and O–H groups in total. The molecule has 0 radical (unpaired) electrons. The second-order valence-electron chi connectivity index (χ2n) is 2.00. The monoisotopic (exact) mass is 158 g/mol. The number of nitrogens with two attached hydrogens (primary N) is 1. The number of hydrogen-bond acceptors (Lipinski definition) is 6. The molecule has 1 atom stereocenters. The highest BCUT2D eigenvalue weighted by atomic mass is 16.5. The summed E-state index contributed by atoms with van der Waals surface area (Å²) in [4.78, 5) is 10.6. The van der Waals surface area contributed by atoms with Gasteiger partial charge in [0.05, 0.1) is 12.6 Å². The molecule has 0 saturated carbocycles. The van der Waals surface area contributed by atoms with Gasteiger partial charge in [0.15, 0.2) is 0 Å². The number of hydroxylamine groups is 1. The minimum absolute atomic E-state index is 0.137. The van der Waals surface area contributed by atoms with E-state index < -0.39 is 5.92 Å². The number of ketones is 1. The molecular formula is C5H10N4O2. The second kappa shape index (κ2) is 4.76. The van der Waals surface area contributed by atoms with Gasteiger partial charge in [-0.3, -0.25) is 15.8 Å². The predicted octanol–water partition coefficient (Wildman–Crippen LogP) is -1.22. The third-order valence-corrected chi connectivity index (χ3v) is 1.15. The van der Waals surface area contributed by atoms with Crippen LogP contribution in [-0.2, 0) is 4.79 Å². The lowest BCUT2D eigenvalue weighted by molar-refractivity contribution is -0.149. The van der Waals surface area contributed by atoms with Crippen molar-refractivity contribution >= 4 is 5.78 Å². The highest BCUT2D eigenvalue weighted by molar-refractivity contribution is 5.80. The summed E-state index contributed by atoms with van der Waals surface area (Å²) in [5.41, 5.74) is 1.87. The summed E-state index contributed by atoms with van der Waals surface area (Å²) < 4.78 is 0. The maximum atomic E-state index is 10.6. The molecule has 6 heteroatoms. The van der Waals surface area contributed by atoms with E-state index in [0.29, 0.717) is 5.17 Å². The molecule has 6 nitrogen and oxygen atoms in total. The van der Waals surface area contributed by atoms with E-state index >= 15 is 0 Å². The van der Waals surface area contributed by atoms with Crippen LogP contribution >= 0.6 is 0 Å². The van der Waals surface area contributed by atoms with Crippen LogP contribution in [0.3, 0.4) is 0 Å². The first-order chi connectivity index (χ1) is 5.11. The zero-order valence-corrected chi connectivity index (χ0v) is 6.11. The van der Waals surface area contributed by atoms with Crippen molar-refractivity contribution in [3.8, 4) is 6.07 Å². The minimum Gasteiger partial charge on any atom is -0.298 e. The maximum Gasteiger partial charge on any atom is 0.148 e. The van der Waals surface area contributed by atoms with Gasteiger partial charge in [0.2, 0.25) is 0 Å². The van der Waals surface area contributed by atoms with E-state index in [4.69, 9.17) is 16.3 Å². The summed E-state index contributed by atoms with van der Waals surface area (Å²) in [5.74, 6) is 3.63. The van der Waals surface area contributed by atoms with Crippen molar-refractivity contribution in [1.82, 2.24) is 10.7 Å². The number of nitrogens with zero attached hydrogens (tertiary/aromatic N) is 2. The fourth-order valence-corrected chi connectivity index (χ4v) is 0.486. The fourth-order valence-electron chi connectivity index (χ4n) is 0.486. The van der Waals surface area contributed by atoms with Crippen LogP contribution < -0.4 is 11.4 Å². The molecule has 0 aliphatic carbocycles. The molecule has 0 aliphatic heterocycles.